The maximum atomic E-state index is 13.3. The van der Waals surface area contributed by atoms with E-state index < -0.39 is 16.1 Å². The monoisotopic (exact) mass is 416 g/mol. The highest BCUT2D eigenvalue weighted by Crippen LogP contribution is 2.30. The van der Waals surface area contributed by atoms with Crippen LogP contribution in [0.15, 0.2) is 47.4 Å². The Bertz CT molecular complexity index is 1130. The number of amides is 1. The maximum Gasteiger partial charge on any atom is 0.246 e. The van der Waals surface area contributed by atoms with Gasteiger partial charge in [0.1, 0.15) is 22.0 Å². The van der Waals surface area contributed by atoms with Crippen molar-refractivity contribution in [1.82, 2.24) is 13.1 Å². The molecule has 3 aromatic rings. The van der Waals surface area contributed by atoms with Crippen LogP contribution in [-0.2, 0) is 21.2 Å². The molecule has 9 heteroatoms. The normalized spacial score (nSPS) is 17.8. The Morgan fingerprint density at radius 3 is 2.89 bits per heavy atom. The molecule has 0 aliphatic carbocycles. The Kier molecular flexibility index (Phi) is 5.13. The topological polar surface area (TPSA) is 92.3 Å². The third kappa shape index (κ3) is 3.41. The van der Waals surface area contributed by atoms with Crippen molar-refractivity contribution in [3.05, 3.63) is 48.0 Å². The summed E-state index contributed by atoms with van der Waals surface area (Å²) in [7, 11) is -3.86. The minimum absolute atomic E-state index is 0.103. The molecule has 0 saturated carbocycles. The van der Waals surface area contributed by atoms with Gasteiger partial charge in [-0.05, 0) is 49.1 Å². The van der Waals surface area contributed by atoms with Crippen molar-refractivity contribution >= 4 is 44.4 Å². The first-order valence-corrected chi connectivity index (χ1v) is 11.3. The molecule has 7 nitrogen and oxygen atoms in total. The number of hydrogen-bond acceptors (Lipinski definition) is 6. The van der Waals surface area contributed by atoms with E-state index >= 15 is 0 Å². The molecular weight excluding hydrogens is 396 g/mol. The molecule has 1 amide bonds. The second-order valence-electron chi connectivity index (χ2n) is 6.71. The zero-order chi connectivity index (χ0) is 19.7. The van der Waals surface area contributed by atoms with Crippen LogP contribution < -0.4 is 5.32 Å². The number of aromatic nitrogens is 2. The van der Waals surface area contributed by atoms with E-state index in [1.54, 1.807) is 12.1 Å². The Labute approximate surface area is 167 Å². The summed E-state index contributed by atoms with van der Waals surface area (Å²) in [6, 6.07) is 11.8. The summed E-state index contributed by atoms with van der Waals surface area (Å²) in [4.78, 5) is 13.0. The third-order valence-corrected chi connectivity index (χ3v) is 7.43. The molecule has 0 bridgehead atoms. The van der Waals surface area contributed by atoms with Crippen LogP contribution in [0.25, 0.3) is 11.0 Å². The lowest BCUT2D eigenvalue weighted by atomic mass is 10.1. The van der Waals surface area contributed by atoms with Gasteiger partial charge >= 0.3 is 0 Å². The number of carbonyl (C=O) groups is 1. The Morgan fingerprint density at radius 1 is 1.25 bits per heavy atom. The van der Waals surface area contributed by atoms with E-state index in [4.69, 9.17) is 0 Å². The zero-order valence-corrected chi connectivity index (χ0v) is 17.0. The minimum Gasteiger partial charge on any atom is -0.325 e. The summed E-state index contributed by atoms with van der Waals surface area (Å²) in [6.45, 7) is 2.35. The van der Waals surface area contributed by atoms with Gasteiger partial charge in [-0.1, -0.05) is 25.1 Å². The van der Waals surface area contributed by atoms with Crippen molar-refractivity contribution in [2.24, 2.45) is 0 Å². The van der Waals surface area contributed by atoms with E-state index in [0.717, 1.165) is 23.7 Å². The molecule has 1 aromatic heterocycles. The summed E-state index contributed by atoms with van der Waals surface area (Å²) < 4.78 is 36.1. The number of anilines is 1. The second-order valence-corrected chi connectivity index (χ2v) is 9.09. The molecule has 1 N–H and O–H groups in total. The van der Waals surface area contributed by atoms with E-state index in [0.29, 0.717) is 36.1 Å². The number of nitrogens with one attached hydrogen (secondary N) is 1. The first kappa shape index (κ1) is 19.0. The molecule has 1 fully saturated rings. The molecular formula is C19H20N4O3S2. The third-order valence-electron chi connectivity index (χ3n) is 4.94. The lowest BCUT2D eigenvalue weighted by Crippen LogP contribution is -2.43. The first-order chi connectivity index (χ1) is 13.5. The summed E-state index contributed by atoms with van der Waals surface area (Å²) in [6.07, 6.45) is 1.99. The molecule has 4 rings (SSSR count). The van der Waals surface area contributed by atoms with Gasteiger partial charge in [0.15, 0.2) is 0 Å². The summed E-state index contributed by atoms with van der Waals surface area (Å²) >= 11 is 0.976. The molecule has 1 aliphatic rings. The van der Waals surface area contributed by atoms with E-state index in [1.807, 2.05) is 31.2 Å². The Balaban J connectivity index is 1.62. The van der Waals surface area contributed by atoms with Crippen molar-refractivity contribution in [1.29, 1.82) is 0 Å². The average molecular weight is 417 g/mol. The molecule has 0 radical (unpaired) electrons. The summed E-state index contributed by atoms with van der Waals surface area (Å²) in [5.41, 5.74) is 2.69. The molecule has 28 heavy (non-hydrogen) atoms. The van der Waals surface area contributed by atoms with Gasteiger partial charge in [-0.2, -0.15) is 13.1 Å². The van der Waals surface area contributed by atoms with E-state index in [-0.39, 0.29) is 10.8 Å². The van der Waals surface area contributed by atoms with E-state index in [2.05, 4.69) is 14.1 Å². The van der Waals surface area contributed by atoms with Crippen LogP contribution in [0, 0.1) is 0 Å². The first-order valence-electron chi connectivity index (χ1n) is 9.13. The maximum absolute atomic E-state index is 13.3. The van der Waals surface area contributed by atoms with Gasteiger partial charge in [-0.3, -0.25) is 4.79 Å². The molecule has 1 saturated heterocycles. The van der Waals surface area contributed by atoms with Crippen LogP contribution in [0.1, 0.15) is 25.3 Å². The number of rotatable bonds is 5. The van der Waals surface area contributed by atoms with Crippen molar-refractivity contribution in [3.63, 3.8) is 0 Å². The number of fused-ring (bicyclic) bond motifs is 1. The van der Waals surface area contributed by atoms with Gasteiger partial charge in [-0.25, -0.2) is 8.42 Å². The van der Waals surface area contributed by atoms with Crippen molar-refractivity contribution in [3.8, 4) is 0 Å². The van der Waals surface area contributed by atoms with Crippen LogP contribution in [0.4, 0.5) is 5.69 Å². The highest BCUT2D eigenvalue weighted by Gasteiger charge is 2.40. The van der Waals surface area contributed by atoms with Gasteiger partial charge in [-0.15, -0.1) is 0 Å². The fourth-order valence-electron chi connectivity index (χ4n) is 3.50. The van der Waals surface area contributed by atoms with Gasteiger partial charge in [0.25, 0.3) is 0 Å². The predicted molar refractivity (Wildman–Crippen MR) is 109 cm³/mol. The van der Waals surface area contributed by atoms with Gasteiger partial charge in [0.05, 0.1) is 11.7 Å². The van der Waals surface area contributed by atoms with Crippen LogP contribution in [0.2, 0.25) is 0 Å². The minimum atomic E-state index is -3.86. The Morgan fingerprint density at radius 2 is 2.07 bits per heavy atom. The largest absolute Gasteiger partial charge is 0.325 e. The number of carbonyl (C=O) groups excluding carboxylic acids is 1. The number of benzene rings is 2. The van der Waals surface area contributed by atoms with Crippen LogP contribution in [-0.4, -0.2) is 40.0 Å². The molecule has 0 spiro atoms. The fraction of sp³-hybridized carbons (Fsp3) is 0.316. The standard InChI is InChI=1S/C19H20N4O3S2/c1-2-13-6-3-7-14(12-13)20-19(24)16-9-5-11-23(16)28(25,26)17-10-4-8-15-18(17)22-27-21-15/h3-4,6-8,10,12,16H,2,5,9,11H2,1H3,(H,20,24)/t16-/m0/s1. The number of aryl methyl sites for hydroxylation is 1. The second kappa shape index (κ2) is 7.57. The lowest BCUT2D eigenvalue weighted by Gasteiger charge is -2.23. The Hall–Kier alpha value is -2.36. The molecule has 2 aromatic carbocycles. The zero-order valence-electron chi connectivity index (χ0n) is 15.3. The van der Waals surface area contributed by atoms with Crippen LogP contribution >= 0.6 is 11.7 Å². The van der Waals surface area contributed by atoms with E-state index in [9.17, 15) is 13.2 Å². The smallest absolute Gasteiger partial charge is 0.246 e. The number of hydrogen-bond donors (Lipinski definition) is 1. The van der Waals surface area contributed by atoms with Gasteiger partial charge in [0, 0.05) is 12.2 Å². The summed E-state index contributed by atoms with van der Waals surface area (Å²) in [5.74, 6) is -0.307. The molecule has 146 valence electrons. The van der Waals surface area contributed by atoms with Gasteiger partial charge in [0.2, 0.25) is 15.9 Å². The van der Waals surface area contributed by atoms with E-state index in [1.165, 1.54) is 10.4 Å². The lowest BCUT2D eigenvalue weighted by molar-refractivity contribution is -0.119. The number of sulfonamides is 1. The van der Waals surface area contributed by atoms with Crippen molar-refractivity contribution < 1.29 is 13.2 Å². The highest BCUT2D eigenvalue weighted by molar-refractivity contribution is 7.89. The fourth-order valence-corrected chi connectivity index (χ4v) is 5.91. The number of nitrogens with zero attached hydrogens (tertiary/aromatic N) is 3. The summed E-state index contributed by atoms with van der Waals surface area (Å²) in [5, 5.41) is 2.87. The van der Waals surface area contributed by atoms with Crippen molar-refractivity contribution in [2.75, 3.05) is 11.9 Å². The van der Waals surface area contributed by atoms with Gasteiger partial charge < -0.3 is 5.32 Å². The predicted octanol–water partition coefficient (Wildman–Crippen LogP) is 3.05. The average Bonchev–Trinajstić information content (AvgIpc) is 3.37. The van der Waals surface area contributed by atoms with Crippen LogP contribution in [0.5, 0.6) is 0 Å². The molecule has 1 aliphatic heterocycles. The SMILES string of the molecule is CCc1cccc(NC(=O)[C@@H]2CCCN2S(=O)(=O)c2cccc3nsnc23)c1. The molecule has 0 unspecified atom stereocenters. The highest BCUT2D eigenvalue weighted by atomic mass is 32.2. The molecule has 2 heterocycles. The van der Waals surface area contributed by atoms with Crippen molar-refractivity contribution in [2.45, 2.75) is 37.1 Å². The molecule has 1 atom stereocenters. The quantitative estimate of drug-likeness (QED) is 0.690. The van der Waals surface area contributed by atoms with Crippen LogP contribution in [0.3, 0.4) is 0 Å².